The first kappa shape index (κ1) is 22.3. The van der Waals surface area contributed by atoms with Crippen molar-refractivity contribution in [3.8, 4) is 46.6 Å². The lowest BCUT2D eigenvalue weighted by Gasteiger charge is -2.53. The molecule has 36 heavy (non-hydrogen) atoms. The number of hydrogen-bond acceptors (Lipinski definition) is 6. The van der Waals surface area contributed by atoms with Gasteiger partial charge in [-0.05, 0) is 84.3 Å². The minimum atomic E-state index is -0.250. The minimum Gasteiger partial charge on any atom is -0.493 e. The third-order valence-corrected chi connectivity index (χ3v) is 8.73. The van der Waals surface area contributed by atoms with Gasteiger partial charge in [0.2, 0.25) is 0 Å². The van der Waals surface area contributed by atoms with E-state index < -0.39 is 0 Å². The highest BCUT2D eigenvalue weighted by Gasteiger charge is 2.53. The number of hydrogen-bond donors (Lipinski definition) is 0. The summed E-state index contributed by atoms with van der Waals surface area (Å²) in [6, 6.07) is 12.8. The maximum absolute atomic E-state index is 9.87. The van der Waals surface area contributed by atoms with Crippen molar-refractivity contribution in [3.63, 3.8) is 0 Å². The first-order valence-electron chi connectivity index (χ1n) is 12.0. The van der Waals surface area contributed by atoms with Gasteiger partial charge in [-0.1, -0.05) is 13.8 Å². The van der Waals surface area contributed by atoms with E-state index in [-0.39, 0.29) is 10.8 Å². The fourth-order valence-electron chi connectivity index (χ4n) is 6.38. The molecule has 2 bridgehead atoms. The highest BCUT2D eigenvalue weighted by Crippen LogP contribution is 2.63. The molecule has 3 aromatic rings. The molecule has 0 saturated carbocycles. The topological polar surface area (TPSA) is 84.5 Å². The van der Waals surface area contributed by atoms with Crippen molar-refractivity contribution in [3.05, 3.63) is 68.8 Å². The second-order valence-electron chi connectivity index (χ2n) is 10.3. The van der Waals surface area contributed by atoms with Crippen molar-refractivity contribution in [2.75, 3.05) is 14.2 Å². The Kier molecular flexibility index (Phi) is 4.45. The summed E-state index contributed by atoms with van der Waals surface area (Å²) >= 11 is 0. The monoisotopic (exact) mass is 478 g/mol. The van der Waals surface area contributed by atoms with Crippen LogP contribution in [0.1, 0.15) is 71.2 Å². The van der Waals surface area contributed by atoms with E-state index in [1.807, 2.05) is 13.8 Å². The number of nitriles is 2. The standard InChI is InChI=1S/C30H26N2O4/c1-15-16(2)18(14-32)28-27(17(15)13-31)35-25-11-21-22(12-26(25)36-28)30(4)8-7-29(21,3)19-9-23(33-5)24(34-6)10-20(19)30/h9-12H,7-8H2,1-6H3. The lowest BCUT2D eigenvalue weighted by molar-refractivity contribution is 0.307. The molecular formula is C30H26N2O4. The second kappa shape index (κ2) is 7.18. The molecule has 1 aliphatic heterocycles. The fourth-order valence-corrected chi connectivity index (χ4v) is 6.38. The van der Waals surface area contributed by atoms with Crippen LogP contribution in [0.5, 0.6) is 34.5 Å². The van der Waals surface area contributed by atoms with Crippen LogP contribution in [0.3, 0.4) is 0 Å². The molecule has 7 rings (SSSR count). The quantitative estimate of drug-likeness (QED) is 0.319. The molecule has 0 fully saturated rings. The molecule has 0 amide bonds. The van der Waals surface area contributed by atoms with E-state index in [9.17, 15) is 10.5 Å². The Morgan fingerprint density at radius 3 is 1.39 bits per heavy atom. The first-order valence-corrected chi connectivity index (χ1v) is 12.0. The molecule has 6 nitrogen and oxygen atoms in total. The van der Waals surface area contributed by atoms with Crippen molar-refractivity contribution in [2.24, 2.45) is 0 Å². The summed E-state index contributed by atoms with van der Waals surface area (Å²) in [7, 11) is 3.32. The van der Waals surface area contributed by atoms with Crippen LogP contribution in [-0.4, -0.2) is 14.2 Å². The molecule has 0 aromatic heterocycles. The molecule has 0 radical (unpaired) electrons. The van der Waals surface area contributed by atoms with Crippen molar-refractivity contribution < 1.29 is 18.9 Å². The third-order valence-electron chi connectivity index (χ3n) is 8.73. The normalized spacial score (nSPS) is 22.0. The number of benzene rings is 3. The number of ether oxygens (including phenoxy) is 4. The largest absolute Gasteiger partial charge is 0.493 e. The zero-order valence-electron chi connectivity index (χ0n) is 21.3. The Balaban J connectivity index is 1.59. The summed E-state index contributed by atoms with van der Waals surface area (Å²) in [5.74, 6) is 3.18. The van der Waals surface area contributed by atoms with Crippen LogP contribution in [0.2, 0.25) is 0 Å². The molecule has 1 heterocycles. The second-order valence-corrected chi connectivity index (χ2v) is 10.3. The van der Waals surface area contributed by atoms with Crippen LogP contribution >= 0.6 is 0 Å². The fraction of sp³-hybridized carbons (Fsp3) is 0.333. The maximum Gasteiger partial charge on any atom is 0.189 e. The van der Waals surface area contributed by atoms with Gasteiger partial charge in [-0.15, -0.1) is 0 Å². The summed E-state index contributed by atoms with van der Waals surface area (Å²) in [6.07, 6.45) is 1.96. The number of rotatable bonds is 2. The smallest absolute Gasteiger partial charge is 0.189 e. The Labute approximate surface area is 210 Å². The molecule has 0 saturated heterocycles. The molecule has 3 aliphatic carbocycles. The summed E-state index contributed by atoms with van der Waals surface area (Å²) in [5, 5.41) is 19.7. The van der Waals surface area contributed by atoms with Crippen LogP contribution in [0.25, 0.3) is 0 Å². The van der Waals surface area contributed by atoms with Gasteiger partial charge in [0.1, 0.15) is 23.3 Å². The van der Waals surface area contributed by atoms with E-state index in [1.165, 1.54) is 22.3 Å². The zero-order chi connectivity index (χ0) is 25.6. The number of fused-ring (bicyclic) bond motifs is 3. The van der Waals surface area contributed by atoms with Gasteiger partial charge in [-0.3, -0.25) is 0 Å². The summed E-state index contributed by atoms with van der Waals surface area (Å²) in [4.78, 5) is 0. The van der Waals surface area contributed by atoms with Gasteiger partial charge in [0.25, 0.3) is 0 Å². The Morgan fingerprint density at radius 2 is 1.06 bits per heavy atom. The molecule has 2 atom stereocenters. The highest BCUT2D eigenvalue weighted by atomic mass is 16.6. The van der Waals surface area contributed by atoms with E-state index in [4.69, 9.17) is 18.9 Å². The van der Waals surface area contributed by atoms with Gasteiger partial charge in [-0.25, -0.2) is 0 Å². The Morgan fingerprint density at radius 1 is 0.694 bits per heavy atom. The van der Waals surface area contributed by atoms with Gasteiger partial charge in [0.15, 0.2) is 34.5 Å². The van der Waals surface area contributed by atoms with Crippen molar-refractivity contribution in [1.29, 1.82) is 10.5 Å². The van der Waals surface area contributed by atoms with Crippen molar-refractivity contribution in [1.82, 2.24) is 0 Å². The van der Waals surface area contributed by atoms with E-state index in [0.29, 0.717) is 34.1 Å². The van der Waals surface area contributed by atoms with Gasteiger partial charge >= 0.3 is 0 Å². The van der Waals surface area contributed by atoms with E-state index in [2.05, 4.69) is 50.3 Å². The van der Waals surface area contributed by atoms with Crippen LogP contribution in [-0.2, 0) is 10.8 Å². The predicted molar refractivity (Wildman–Crippen MR) is 134 cm³/mol. The average molecular weight is 479 g/mol. The lowest BCUT2D eigenvalue weighted by Crippen LogP contribution is -2.46. The van der Waals surface area contributed by atoms with E-state index >= 15 is 0 Å². The summed E-state index contributed by atoms with van der Waals surface area (Å²) in [5.41, 5.74) is 6.58. The van der Waals surface area contributed by atoms with Gasteiger partial charge in [0.05, 0.1) is 14.2 Å². The number of nitrogens with zero attached hydrogens (tertiary/aromatic N) is 2. The zero-order valence-corrected chi connectivity index (χ0v) is 21.3. The number of methoxy groups -OCH3 is 2. The van der Waals surface area contributed by atoms with E-state index in [0.717, 1.165) is 35.5 Å². The van der Waals surface area contributed by atoms with E-state index in [1.54, 1.807) is 14.2 Å². The van der Waals surface area contributed by atoms with Gasteiger partial charge in [0, 0.05) is 10.8 Å². The molecule has 0 spiro atoms. The molecular weight excluding hydrogens is 452 g/mol. The average Bonchev–Trinajstić information content (AvgIpc) is 2.89. The van der Waals surface area contributed by atoms with Gasteiger partial charge in [-0.2, -0.15) is 10.5 Å². The van der Waals surface area contributed by atoms with Crippen LogP contribution in [0.4, 0.5) is 0 Å². The molecule has 3 aromatic carbocycles. The van der Waals surface area contributed by atoms with Gasteiger partial charge < -0.3 is 18.9 Å². The summed E-state index contributed by atoms with van der Waals surface area (Å²) < 4.78 is 24.0. The SMILES string of the molecule is COc1cc2c(cc1OC)C1(C)CCC2(C)c2cc3c(cc21)Oc1c(C#N)c(C)c(C)c(C#N)c1O3. The predicted octanol–water partition coefficient (Wildman–Crippen LogP) is 6.68. The minimum absolute atomic E-state index is 0.250. The molecule has 6 heteroatoms. The van der Waals surface area contributed by atoms with Crippen molar-refractivity contribution in [2.45, 2.75) is 51.4 Å². The third kappa shape index (κ3) is 2.54. The van der Waals surface area contributed by atoms with Crippen LogP contribution in [0, 0.1) is 36.5 Å². The van der Waals surface area contributed by atoms with Crippen LogP contribution < -0.4 is 18.9 Å². The summed E-state index contributed by atoms with van der Waals surface area (Å²) in [6.45, 7) is 8.20. The van der Waals surface area contributed by atoms with Crippen LogP contribution in [0.15, 0.2) is 24.3 Å². The first-order chi connectivity index (χ1) is 17.2. The molecule has 2 unspecified atom stereocenters. The molecule has 4 aliphatic rings. The lowest BCUT2D eigenvalue weighted by atomic mass is 9.50. The Hall–Kier alpha value is -4.16. The molecule has 180 valence electrons. The highest BCUT2D eigenvalue weighted by molar-refractivity contribution is 5.73. The van der Waals surface area contributed by atoms with Crippen molar-refractivity contribution >= 4 is 0 Å². The Bertz CT molecular complexity index is 1480. The molecule has 0 N–H and O–H groups in total. The maximum atomic E-state index is 9.87.